The second kappa shape index (κ2) is 10.1. The first-order chi connectivity index (χ1) is 17.1. The molecule has 5 rings (SSSR count). The Bertz CT molecular complexity index is 1320. The molecule has 2 amide bonds. The third kappa shape index (κ3) is 5.12. The Morgan fingerprint density at radius 3 is 2.54 bits per heavy atom. The molecular weight excluding hydrogens is 466 g/mol. The van der Waals surface area contributed by atoms with Crippen LogP contribution < -0.4 is 9.64 Å². The van der Waals surface area contributed by atoms with E-state index in [1.807, 2.05) is 18.2 Å². The molecule has 35 heavy (non-hydrogen) atoms. The number of aromatic amines is 1. The second-order valence-electron chi connectivity index (χ2n) is 8.34. The van der Waals surface area contributed by atoms with Crippen LogP contribution in [-0.4, -0.2) is 57.4 Å². The first-order valence-electron chi connectivity index (χ1n) is 11.4. The lowest BCUT2D eigenvalue weighted by Gasteiger charge is -2.33. The summed E-state index contributed by atoms with van der Waals surface area (Å²) in [6, 6.07) is 16.1. The summed E-state index contributed by atoms with van der Waals surface area (Å²) in [7, 11) is 0. The van der Waals surface area contributed by atoms with Gasteiger partial charge in [0, 0.05) is 67.1 Å². The van der Waals surface area contributed by atoms with E-state index in [9.17, 15) is 9.59 Å². The number of nitrogens with zero attached hydrogens (tertiary/aromatic N) is 4. The van der Waals surface area contributed by atoms with Crippen molar-refractivity contribution in [2.75, 3.05) is 24.5 Å². The van der Waals surface area contributed by atoms with Gasteiger partial charge in [-0.2, -0.15) is 0 Å². The van der Waals surface area contributed by atoms with Crippen LogP contribution in [0, 0.1) is 0 Å². The van der Waals surface area contributed by atoms with Crippen molar-refractivity contribution in [3.05, 3.63) is 83.8 Å². The number of H-pyrrole nitrogens is 1. The monoisotopic (exact) mass is 489 g/mol. The molecule has 0 radical (unpaired) electrons. The molecule has 3 aromatic heterocycles. The number of piperidine rings is 1. The maximum absolute atomic E-state index is 13.5. The van der Waals surface area contributed by atoms with Gasteiger partial charge < -0.3 is 14.6 Å². The minimum absolute atomic E-state index is 0.00169. The lowest BCUT2D eigenvalue weighted by atomic mass is 10.1. The molecule has 1 N–H and O–H groups in total. The summed E-state index contributed by atoms with van der Waals surface area (Å²) >= 11 is 6.17. The van der Waals surface area contributed by atoms with Gasteiger partial charge in [-0.3, -0.25) is 14.5 Å². The number of fused-ring (bicyclic) bond motifs is 1. The molecule has 0 aliphatic carbocycles. The molecule has 0 unspecified atom stereocenters. The third-order valence-electron chi connectivity index (χ3n) is 6.06. The number of amides is 2. The van der Waals surface area contributed by atoms with Crippen LogP contribution in [0.4, 0.5) is 5.82 Å². The van der Waals surface area contributed by atoms with Crippen molar-refractivity contribution in [3.63, 3.8) is 0 Å². The molecule has 0 bridgehead atoms. The van der Waals surface area contributed by atoms with Crippen molar-refractivity contribution in [2.45, 2.75) is 18.9 Å². The molecular formula is C26H24ClN5O3. The lowest BCUT2D eigenvalue weighted by molar-refractivity contribution is -0.131. The van der Waals surface area contributed by atoms with Gasteiger partial charge in [-0.15, -0.1) is 0 Å². The molecule has 178 valence electrons. The number of hydrogen-bond acceptors (Lipinski definition) is 5. The number of anilines is 1. The molecule has 1 aliphatic heterocycles. The number of nitrogens with one attached hydrogen (secondary N) is 1. The third-order valence-corrected chi connectivity index (χ3v) is 6.38. The van der Waals surface area contributed by atoms with E-state index in [2.05, 4.69) is 15.0 Å². The Morgan fingerprint density at radius 1 is 1.06 bits per heavy atom. The molecule has 1 aliphatic rings. The Balaban J connectivity index is 1.29. The van der Waals surface area contributed by atoms with Gasteiger partial charge in [0.15, 0.2) is 0 Å². The number of pyridine rings is 2. The number of carbonyl (C=O) groups is 2. The zero-order valence-corrected chi connectivity index (χ0v) is 19.7. The van der Waals surface area contributed by atoms with Crippen LogP contribution in [0.15, 0.2) is 73.2 Å². The van der Waals surface area contributed by atoms with Gasteiger partial charge in [0.2, 0.25) is 11.8 Å². The van der Waals surface area contributed by atoms with Crippen LogP contribution in [0.3, 0.4) is 0 Å². The van der Waals surface area contributed by atoms with E-state index in [0.717, 1.165) is 10.9 Å². The fraction of sp³-hybridized carbons (Fsp3) is 0.231. The summed E-state index contributed by atoms with van der Waals surface area (Å²) < 4.78 is 5.93. The van der Waals surface area contributed by atoms with E-state index in [1.165, 1.54) is 4.90 Å². The number of likely N-dealkylation sites (tertiary alicyclic amines) is 1. The van der Waals surface area contributed by atoms with Gasteiger partial charge in [0.25, 0.3) is 5.91 Å². The highest BCUT2D eigenvalue weighted by Crippen LogP contribution is 2.25. The summed E-state index contributed by atoms with van der Waals surface area (Å²) in [5, 5.41) is 1.42. The Kier molecular flexibility index (Phi) is 6.63. The van der Waals surface area contributed by atoms with Crippen molar-refractivity contribution >= 4 is 40.1 Å². The first kappa shape index (κ1) is 22.9. The van der Waals surface area contributed by atoms with Gasteiger partial charge in [-0.05, 0) is 30.3 Å². The summed E-state index contributed by atoms with van der Waals surface area (Å²) in [4.78, 5) is 41.5. The summed E-state index contributed by atoms with van der Waals surface area (Å²) in [5.74, 6) is 0.565. The number of rotatable bonds is 6. The van der Waals surface area contributed by atoms with Crippen LogP contribution in [-0.2, 0) is 4.79 Å². The van der Waals surface area contributed by atoms with Crippen LogP contribution in [0.5, 0.6) is 5.88 Å². The quantitative estimate of drug-likeness (QED) is 0.435. The predicted molar refractivity (Wildman–Crippen MR) is 134 cm³/mol. The van der Waals surface area contributed by atoms with Crippen molar-refractivity contribution < 1.29 is 14.3 Å². The van der Waals surface area contributed by atoms with E-state index in [4.69, 9.17) is 16.3 Å². The normalized spacial score (nSPS) is 14.1. The van der Waals surface area contributed by atoms with E-state index >= 15 is 0 Å². The van der Waals surface area contributed by atoms with E-state index < -0.39 is 0 Å². The number of halogens is 1. The highest BCUT2D eigenvalue weighted by atomic mass is 35.5. The number of ether oxygens (including phenoxy) is 1. The number of aromatic nitrogens is 3. The Hall–Kier alpha value is -3.91. The van der Waals surface area contributed by atoms with E-state index in [0.29, 0.717) is 48.2 Å². The standard InChI is InChI=1S/C26H24ClN5O3/c27-21-16-30-22-15-18(7-8-20(21)22)26(34)32(23-5-1-3-11-28-23)17-25(33)31-13-9-19(10-14-31)35-24-6-2-4-12-29-24/h1-8,11-12,15-16,19,30H,9-10,13-14,17H2. The minimum atomic E-state index is -0.307. The van der Waals surface area contributed by atoms with Gasteiger partial charge in [-0.25, -0.2) is 9.97 Å². The topological polar surface area (TPSA) is 91.4 Å². The van der Waals surface area contributed by atoms with Gasteiger partial charge >= 0.3 is 0 Å². The SMILES string of the molecule is O=C(CN(C(=O)c1ccc2c(Cl)c[nH]c2c1)c1ccccn1)N1CCC(Oc2ccccn2)CC1. The summed E-state index contributed by atoms with van der Waals surface area (Å²) in [6.07, 6.45) is 6.38. The average Bonchev–Trinajstić information content (AvgIpc) is 3.28. The van der Waals surface area contributed by atoms with Crippen molar-refractivity contribution in [2.24, 2.45) is 0 Å². The molecule has 0 saturated carbocycles. The van der Waals surface area contributed by atoms with Crippen LogP contribution in [0.1, 0.15) is 23.2 Å². The van der Waals surface area contributed by atoms with Crippen molar-refractivity contribution in [3.8, 4) is 5.88 Å². The number of carbonyl (C=O) groups excluding carboxylic acids is 2. The molecule has 1 fully saturated rings. The maximum atomic E-state index is 13.5. The fourth-order valence-electron chi connectivity index (χ4n) is 4.20. The van der Waals surface area contributed by atoms with Crippen molar-refractivity contribution in [1.82, 2.24) is 19.9 Å². The fourth-order valence-corrected chi connectivity index (χ4v) is 4.42. The van der Waals surface area contributed by atoms with E-state index in [1.54, 1.807) is 59.9 Å². The van der Waals surface area contributed by atoms with Crippen LogP contribution in [0.25, 0.3) is 10.9 Å². The largest absolute Gasteiger partial charge is 0.474 e. The highest BCUT2D eigenvalue weighted by Gasteiger charge is 2.28. The molecule has 1 saturated heterocycles. The maximum Gasteiger partial charge on any atom is 0.259 e. The average molecular weight is 490 g/mol. The van der Waals surface area contributed by atoms with Crippen molar-refractivity contribution in [1.29, 1.82) is 0 Å². The summed E-state index contributed by atoms with van der Waals surface area (Å²) in [5.41, 5.74) is 1.19. The van der Waals surface area contributed by atoms with Gasteiger partial charge in [0.05, 0.1) is 5.02 Å². The molecule has 0 atom stereocenters. The molecule has 4 aromatic rings. The Morgan fingerprint density at radius 2 is 1.83 bits per heavy atom. The zero-order chi connectivity index (χ0) is 24.2. The minimum Gasteiger partial charge on any atom is -0.474 e. The number of benzene rings is 1. The molecule has 0 spiro atoms. The smallest absolute Gasteiger partial charge is 0.259 e. The van der Waals surface area contributed by atoms with Gasteiger partial charge in [-0.1, -0.05) is 29.8 Å². The second-order valence-corrected chi connectivity index (χ2v) is 8.75. The summed E-state index contributed by atoms with van der Waals surface area (Å²) in [6.45, 7) is 0.992. The van der Waals surface area contributed by atoms with E-state index in [-0.39, 0.29) is 24.5 Å². The van der Waals surface area contributed by atoms with Crippen LogP contribution >= 0.6 is 11.6 Å². The molecule has 4 heterocycles. The van der Waals surface area contributed by atoms with Crippen LogP contribution in [0.2, 0.25) is 5.02 Å². The zero-order valence-electron chi connectivity index (χ0n) is 18.9. The number of hydrogen-bond donors (Lipinski definition) is 1. The first-order valence-corrected chi connectivity index (χ1v) is 11.8. The highest BCUT2D eigenvalue weighted by molar-refractivity contribution is 6.35. The van der Waals surface area contributed by atoms with Gasteiger partial charge in [0.1, 0.15) is 18.5 Å². The predicted octanol–water partition coefficient (Wildman–Crippen LogP) is 4.33. The molecule has 8 nitrogen and oxygen atoms in total. The molecule has 9 heteroatoms. The molecule has 1 aromatic carbocycles. The lowest BCUT2D eigenvalue weighted by Crippen LogP contribution is -2.47. The Labute approximate surface area is 207 Å².